The van der Waals surface area contributed by atoms with E-state index in [-0.39, 0.29) is 18.3 Å². The third-order valence-electron chi connectivity index (χ3n) is 2.37. The molecule has 2 aromatic carbocycles. The highest BCUT2D eigenvalue weighted by atomic mass is 127. The van der Waals surface area contributed by atoms with Gasteiger partial charge in [-0.05, 0) is 59.0 Å². The Hall–Kier alpha value is -1.34. The normalized spacial score (nSPS) is 10.2. The van der Waals surface area contributed by atoms with Gasteiger partial charge in [-0.3, -0.25) is 4.79 Å². The fourth-order valence-electron chi connectivity index (χ4n) is 1.48. The lowest BCUT2D eigenvalue weighted by atomic mass is 10.3. The Balaban J connectivity index is 1.92. The highest BCUT2D eigenvalue weighted by molar-refractivity contribution is 14.1. The van der Waals surface area contributed by atoms with E-state index in [0.717, 1.165) is 0 Å². The summed E-state index contributed by atoms with van der Waals surface area (Å²) in [4.78, 5) is 11.7. The minimum Gasteiger partial charge on any atom is -0.484 e. The fraction of sp³-hybridized carbons (Fsp3) is 0.0714. The van der Waals surface area contributed by atoms with Gasteiger partial charge in [0.05, 0.1) is 5.69 Å². The van der Waals surface area contributed by atoms with Gasteiger partial charge >= 0.3 is 0 Å². The van der Waals surface area contributed by atoms with Gasteiger partial charge in [-0.15, -0.1) is 0 Å². The van der Waals surface area contributed by atoms with Crippen molar-refractivity contribution in [2.75, 3.05) is 11.9 Å². The second-order valence-electron chi connectivity index (χ2n) is 3.92. The zero-order chi connectivity index (χ0) is 14.5. The lowest BCUT2D eigenvalue weighted by Gasteiger charge is -2.09. The molecule has 0 aliphatic carbocycles. The maximum Gasteiger partial charge on any atom is 0.262 e. The number of rotatable bonds is 4. The minimum atomic E-state index is -0.345. The third kappa shape index (κ3) is 4.35. The van der Waals surface area contributed by atoms with Crippen molar-refractivity contribution in [2.45, 2.75) is 0 Å². The lowest BCUT2D eigenvalue weighted by molar-refractivity contribution is -0.118. The molecule has 0 aliphatic heterocycles. The van der Waals surface area contributed by atoms with Crippen LogP contribution in [0.3, 0.4) is 0 Å². The van der Waals surface area contributed by atoms with Crippen molar-refractivity contribution in [3.05, 3.63) is 56.9 Å². The molecule has 2 rings (SSSR count). The summed E-state index contributed by atoms with van der Waals surface area (Å²) in [6, 6.07) is 10.9. The summed E-state index contributed by atoms with van der Waals surface area (Å²) in [7, 11) is 0. The van der Waals surface area contributed by atoms with Gasteiger partial charge in [0.1, 0.15) is 11.6 Å². The van der Waals surface area contributed by atoms with E-state index < -0.39 is 0 Å². The van der Waals surface area contributed by atoms with Crippen LogP contribution in [0.4, 0.5) is 10.1 Å². The Morgan fingerprint density at radius 3 is 2.80 bits per heavy atom. The fourth-order valence-corrected chi connectivity index (χ4v) is 2.28. The van der Waals surface area contributed by atoms with Gasteiger partial charge in [0, 0.05) is 8.59 Å². The molecular weight excluding hydrogens is 396 g/mol. The zero-order valence-electron chi connectivity index (χ0n) is 10.2. The van der Waals surface area contributed by atoms with Crippen molar-refractivity contribution in [3.63, 3.8) is 0 Å². The predicted octanol–water partition coefficient (Wildman–Crippen LogP) is 4.10. The van der Waals surface area contributed by atoms with Crippen LogP contribution in [0, 0.1) is 9.39 Å². The van der Waals surface area contributed by atoms with Gasteiger partial charge in [-0.25, -0.2) is 4.39 Å². The van der Waals surface area contributed by atoms with Crippen LogP contribution in [0.15, 0.2) is 42.5 Å². The first kappa shape index (κ1) is 15.1. The Bertz CT molecular complexity index is 636. The summed E-state index contributed by atoms with van der Waals surface area (Å²) in [6.07, 6.45) is 0. The first-order valence-electron chi connectivity index (χ1n) is 5.68. The molecule has 0 radical (unpaired) electrons. The highest BCUT2D eigenvalue weighted by Gasteiger charge is 2.07. The van der Waals surface area contributed by atoms with Crippen LogP contribution in [0.25, 0.3) is 0 Å². The molecular formula is C14H10ClFINO2. The van der Waals surface area contributed by atoms with Crippen LogP contribution < -0.4 is 10.1 Å². The molecule has 0 aromatic heterocycles. The number of nitrogens with one attached hydrogen (secondary N) is 1. The highest BCUT2D eigenvalue weighted by Crippen LogP contribution is 2.19. The van der Waals surface area contributed by atoms with E-state index in [0.29, 0.717) is 20.0 Å². The summed E-state index contributed by atoms with van der Waals surface area (Å²) in [5, 5.41) is 3.19. The van der Waals surface area contributed by atoms with E-state index in [1.165, 1.54) is 18.2 Å². The van der Waals surface area contributed by atoms with Crippen LogP contribution in [0.5, 0.6) is 5.75 Å². The van der Waals surface area contributed by atoms with Gasteiger partial charge in [-0.1, -0.05) is 17.7 Å². The number of carbonyl (C=O) groups excluding carboxylic acids is 1. The summed E-state index contributed by atoms with van der Waals surface area (Å²) in [5.41, 5.74) is 0.548. The SMILES string of the molecule is O=C(COc1cccc(Cl)c1)Nc1ccc(F)cc1I. The molecule has 0 saturated carbocycles. The van der Waals surface area contributed by atoms with E-state index in [1.807, 2.05) is 22.6 Å². The number of hydrogen-bond donors (Lipinski definition) is 1. The summed E-state index contributed by atoms with van der Waals surface area (Å²) in [5.74, 6) is -0.154. The number of carbonyl (C=O) groups is 1. The first-order chi connectivity index (χ1) is 9.54. The molecule has 1 N–H and O–H groups in total. The van der Waals surface area contributed by atoms with Gasteiger partial charge in [0.2, 0.25) is 0 Å². The molecule has 3 nitrogen and oxygen atoms in total. The van der Waals surface area contributed by atoms with Gasteiger partial charge in [0.25, 0.3) is 5.91 Å². The van der Waals surface area contributed by atoms with E-state index in [9.17, 15) is 9.18 Å². The number of ether oxygens (including phenoxy) is 1. The van der Waals surface area contributed by atoms with Gasteiger partial charge in [0.15, 0.2) is 6.61 Å². The molecule has 0 fully saturated rings. The zero-order valence-corrected chi connectivity index (χ0v) is 13.1. The maximum absolute atomic E-state index is 12.9. The minimum absolute atomic E-state index is 0.145. The average molecular weight is 406 g/mol. The molecule has 20 heavy (non-hydrogen) atoms. The van der Waals surface area contributed by atoms with Crippen LogP contribution in [-0.2, 0) is 4.79 Å². The number of anilines is 1. The van der Waals surface area contributed by atoms with Crippen molar-refractivity contribution < 1.29 is 13.9 Å². The summed E-state index contributed by atoms with van der Waals surface area (Å²) in [6.45, 7) is -0.145. The van der Waals surface area contributed by atoms with E-state index in [4.69, 9.17) is 16.3 Å². The van der Waals surface area contributed by atoms with Crippen molar-refractivity contribution in [1.29, 1.82) is 0 Å². The summed E-state index contributed by atoms with van der Waals surface area (Å²) >= 11 is 7.76. The Labute approximate surface area is 134 Å². The average Bonchev–Trinajstić information content (AvgIpc) is 2.40. The van der Waals surface area contributed by atoms with Gasteiger partial charge < -0.3 is 10.1 Å². The second kappa shape index (κ2) is 6.90. The van der Waals surface area contributed by atoms with Crippen molar-refractivity contribution >= 4 is 45.8 Å². The topological polar surface area (TPSA) is 38.3 Å². The molecule has 0 unspecified atom stereocenters. The maximum atomic E-state index is 12.9. The second-order valence-corrected chi connectivity index (χ2v) is 5.52. The molecule has 0 saturated heterocycles. The van der Waals surface area contributed by atoms with E-state index in [1.54, 1.807) is 24.3 Å². The van der Waals surface area contributed by atoms with Crippen LogP contribution in [0.2, 0.25) is 5.02 Å². The number of benzene rings is 2. The number of hydrogen-bond acceptors (Lipinski definition) is 2. The smallest absolute Gasteiger partial charge is 0.262 e. The standard InChI is InChI=1S/C14H10ClFINO2/c15-9-2-1-3-11(6-9)20-8-14(19)18-13-5-4-10(16)7-12(13)17/h1-7H,8H2,(H,18,19). The van der Waals surface area contributed by atoms with Crippen molar-refractivity contribution in [2.24, 2.45) is 0 Å². The van der Waals surface area contributed by atoms with Crippen LogP contribution in [-0.4, -0.2) is 12.5 Å². The summed E-state index contributed by atoms with van der Waals surface area (Å²) < 4.78 is 18.9. The van der Waals surface area contributed by atoms with Gasteiger partial charge in [-0.2, -0.15) is 0 Å². The van der Waals surface area contributed by atoms with E-state index in [2.05, 4.69) is 5.32 Å². The molecule has 6 heteroatoms. The quantitative estimate of drug-likeness (QED) is 0.778. The Morgan fingerprint density at radius 1 is 1.30 bits per heavy atom. The molecule has 104 valence electrons. The predicted molar refractivity (Wildman–Crippen MR) is 84.7 cm³/mol. The number of halogens is 3. The molecule has 0 heterocycles. The van der Waals surface area contributed by atoms with Crippen LogP contribution in [0.1, 0.15) is 0 Å². The molecule has 0 bridgehead atoms. The largest absolute Gasteiger partial charge is 0.484 e. The lowest BCUT2D eigenvalue weighted by Crippen LogP contribution is -2.20. The third-order valence-corrected chi connectivity index (χ3v) is 3.50. The molecule has 2 aromatic rings. The first-order valence-corrected chi connectivity index (χ1v) is 7.13. The van der Waals surface area contributed by atoms with E-state index >= 15 is 0 Å². The molecule has 0 aliphatic rings. The van der Waals surface area contributed by atoms with Crippen molar-refractivity contribution in [1.82, 2.24) is 0 Å². The van der Waals surface area contributed by atoms with Crippen LogP contribution >= 0.6 is 34.2 Å². The molecule has 1 amide bonds. The van der Waals surface area contributed by atoms with Crippen molar-refractivity contribution in [3.8, 4) is 5.75 Å². The number of amides is 1. The Kier molecular flexibility index (Phi) is 5.19. The molecule has 0 atom stereocenters. The Morgan fingerprint density at radius 2 is 2.10 bits per heavy atom. The molecule has 0 spiro atoms. The monoisotopic (exact) mass is 405 g/mol.